The van der Waals surface area contributed by atoms with E-state index in [1.807, 2.05) is 11.4 Å². The van der Waals surface area contributed by atoms with Gasteiger partial charge in [0.15, 0.2) is 0 Å². The van der Waals surface area contributed by atoms with Crippen LogP contribution in [0.5, 0.6) is 0 Å². The fourth-order valence-corrected chi connectivity index (χ4v) is 3.89. The quantitative estimate of drug-likeness (QED) is 0.773. The SMILES string of the molecule is CC(C)C1CCCCC1NCC(O)COCc1cccs1. The average Bonchev–Trinajstić information content (AvgIpc) is 2.98. The van der Waals surface area contributed by atoms with Gasteiger partial charge in [0.05, 0.1) is 19.3 Å². The first-order valence-electron chi connectivity index (χ1n) is 8.18. The normalized spacial score (nSPS) is 24.4. The molecule has 2 N–H and O–H groups in total. The first-order valence-corrected chi connectivity index (χ1v) is 9.06. The molecular weight excluding hydrogens is 282 g/mol. The predicted octanol–water partition coefficient (Wildman–Crippen LogP) is 3.43. The molecule has 1 heterocycles. The molecule has 3 atom stereocenters. The van der Waals surface area contributed by atoms with Crippen molar-refractivity contribution in [3.05, 3.63) is 22.4 Å². The Morgan fingerprint density at radius 1 is 1.38 bits per heavy atom. The Labute approximate surface area is 132 Å². The van der Waals surface area contributed by atoms with Crippen LogP contribution in [0, 0.1) is 11.8 Å². The monoisotopic (exact) mass is 311 g/mol. The largest absolute Gasteiger partial charge is 0.389 e. The Balaban J connectivity index is 1.64. The highest BCUT2D eigenvalue weighted by Gasteiger charge is 2.27. The molecule has 0 aromatic carbocycles. The zero-order valence-electron chi connectivity index (χ0n) is 13.3. The van der Waals surface area contributed by atoms with E-state index in [0.717, 1.165) is 11.8 Å². The molecule has 2 rings (SSSR count). The molecule has 3 nitrogen and oxygen atoms in total. The molecule has 0 aliphatic heterocycles. The number of nitrogens with one attached hydrogen (secondary N) is 1. The molecule has 4 heteroatoms. The molecule has 3 unspecified atom stereocenters. The molecule has 1 aromatic heterocycles. The summed E-state index contributed by atoms with van der Waals surface area (Å²) in [6.45, 7) is 6.27. The predicted molar refractivity (Wildman–Crippen MR) is 88.6 cm³/mol. The van der Waals surface area contributed by atoms with Crippen LogP contribution < -0.4 is 5.32 Å². The molecule has 0 saturated heterocycles. The van der Waals surface area contributed by atoms with E-state index in [1.165, 1.54) is 30.6 Å². The van der Waals surface area contributed by atoms with Crippen LogP contribution in [0.2, 0.25) is 0 Å². The highest BCUT2D eigenvalue weighted by atomic mass is 32.1. The Bertz CT molecular complexity index is 380. The van der Waals surface area contributed by atoms with E-state index in [-0.39, 0.29) is 0 Å². The molecule has 1 aliphatic rings. The summed E-state index contributed by atoms with van der Waals surface area (Å²) < 4.78 is 5.57. The lowest BCUT2D eigenvalue weighted by Gasteiger charge is -2.35. The van der Waals surface area contributed by atoms with Crippen LogP contribution in [0.15, 0.2) is 17.5 Å². The first kappa shape index (κ1) is 16.9. The molecule has 120 valence electrons. The molecular formula is C17H29NO2S. The molecule has 0 amide bonds. The van der Waals surface area contributed by atoms with Gasteiger partial charge in [0.2, 0.25) is 0 Å². The second-order valence-corrected chi connectivity index (χ2v) is 7.49. The smallest absolute Gasteiger partial charge is 0.0897 e. The van der Waals surface area contributed by atoms with Crippen molar-refractivity contribution >= 4 is 11.3 Å². The van der Waals surface area contributed by atoms with Gasteiger partial charge in [0.1, 0.15) is 0 Å². The van der Waals surface area contributed by atoms with Gasteiger partial charge in [-0.3, -0.25) is 0 Å². The van der Waals surface area contributed by atoms with Gasteiger partial charge in [-0.25, -0.2) is 0 Å². The van der Waals surface area contributed by atoms with Gasteiger partial charge in [-0.2, -0.15) is 0 Å². The summed E-state index contributed by atoms with van der Waals surface area (Å²) in [7, 11) is 0. The average molecular weight is 311 g/mol. The van der Waals surface area contributed by atoms with Crippen LogP contribution in [0.1, 0.15) is 44.4 Å². The molecule has 0 radical (unpaired) electrons. The van der Waals surface area contributed by atoms with Crippen molar-refractivity contribution < 1.29 is 9.84 Å². The fourth-order valence-electron chi connectivity index (χ4n) is 3.25. The van der Waals surface area contributed by atoms with E-state index in [0.29, 0.717) is 25.8 Å². The number of aliphatic hydroxyl groups excluding tert-OH is 1. The second kappa shape index (κ2) is 8.89. The van der Waals surface area contributed by atoms with Crippen molar-refractivity contribution in [1.82, 2.24) is 5.32 Å². The fraction of sp³-hybridized carbons (Fsp3) is 0.765. The highest BCUT2D eigenvalue weighted by Crippen LogP contribution is 2.30. The van der Waals surface area contributed by atoms with E-state index in [1.54, 1.807) is 11.3 Å². The lowest BCUT2D eigenvalue weighted by atomic mass is 9.78. The Kier molecular flexibility index (Phi) is 7.17. The van der Waals surface area contributed by atoms with Crippen LogP contribution in [-0.4, -0.2) is 30.4 Å². The third-order valence-corrected chi connectivity index (χ3v) is 5.28. The van der Waals surface area contributed by atoms with Gasteiger partial charge in [-0.05, 0) is 36.1 Å². The molecule has 21 heavy (non-hydrogen) atoms. The maximum absolute atomic E-state index is 10.0. The van der Waals surface area contributed by atoms with Crippen molar-refractivity contribution in [3.63, 3.8) is 0 Å². The van der Waals surface area contributed by atoms with Gasteiger partial charge >= 0.3 is 0 Å². The van der Waals surface area contributed by atoms with Gasteiger partial charge in [0, 0.05) is 17.5 Å². The summed E-state index contributed by atoms with van der Waals surface area (Å²) in [4.78, 5) is 1.21. The van der Waals surface area contributed by atoms with Crippen LogP contribution in [0.3, 0.4) is 0 Å². The standard InChI is InChI=1S/C17H29NO2S/c1-13(2)16-7-3-4-8-17(16)18-10-14(19)11-20-12-15-6-5-9-21-15/h5-6,9,13-14,16-19H,3-4,7-8,10-12H2,1-2H3. The van der Waals surface area contributed by atoms with Crippen LogP contribution in [0.4, 0.5) is 0 Å². The minimum atomic E-state index is -0.417. The third kappa shape index (κ3) is 5.70. The maximum Gasteiger partial charge on any atom is 0.0897 e. The topological polar surface area (TPSA) is 41.5 Å². The van der Waals surface area contributed by atoms with Crippen molar-refractivity contribution in [2.24, 2.45) is 11.8 Å². The van der Waals surface area contributed by atoms with Crippen molar-refractivity contribution in [3.8, 4) is 0 Å². The van der Waals surface area contributed by atoms with Crippen molar-refractivity contribution in [2.75, 3.05) is 13.2 Å². The summed E-state index contributed by atoms with van der Waals surface area (Å²) in [5.74, 6) is 1.47. The van der Waals surface area contributed by atoms with Gasteiger partial charge < -0.3 is 15.2 Å². The molecule has 0 bridgehead atoms. The zero-order chi connectivity index (χ0) is 15.1. The van der Waals surface area contributed by atoms with E-state index < -0.39 is 6.10 Å². The zero-order valence-corrected chi connectivity index (χ0v) is 14.1. The number of hydrogen-bond donors (Lipinski definition) is 2. The number of rotatable bonds is 8. The summed E-state index contributed by atoms with van der Waals surface area (Å²) in [6.07, 6.45) is 4.81. The summed E-state index contributed by atoms with van der Waals surface area (Å²) in [5, 5.41) is 15.7. The second-order valence-electron chi connectivity index (χ2n) is 6.46. The third-order valence-electron chi connectivity index (χ3n) is 4.43. The van der Waals surface area contributed by atoms with Crippen LogP contribution in [-0.2, 0) is 11.3 Å². The molecule has 0 spiro atoms. The summed E-state index contributed by atoms with van der Waals surface area (Å²) >= 11 is 1.69. The summed E-state index contributed by atoms with van der Waals surface area (Å²) in [5.41, 5.74) is 0. The first-order chi connectivity index (χ1) is 10.2. The van der Waals surface area contributed by atoms with Gasteiger partial charge in [-0.1, -0.05) is 32.8 Å². The van der Waals surface area contributed by atoms with E-state index in [9.17, 15) is 5.11 Å². The van der Waals surface area contributed by atoms with Crippen LogP contribution in [0.25, 0.3) is 0 Å². The highest BCUT2D eigenvalue weighted by molar-refractivity contribution is 7.09. The van der Waals surface area contributed by atoms with E-state index >= 15 is 0 Å². The minimum Gasteiger partial charge on any atom is -0.389 e. The summed E-state index contributed by atoms with van der Waals surface area (Å²) in [6, 6.07) is 4.65. The van der Waals surface area contributed by atoms with E-state index in [4.69, 9.17) is 4.74 Å². The number of thiophene rings is 1. The molecule has 1 fully saturated rings. The number of ether oxygens (including phenoxy) is 1. The lowest BCUT2D eigenvalue weighted by molar-refractivity contribution is 0.0259. The Morgan fingerprint density at radius 3 is 2.90 bits per heavy atom. The molecule has 1 aliphatic carbocycles. The van der Waals surface area contributed by atoms with Crippen molar-refractivity contribution in [2.45, 2.75) is 58.3 Å². The number of aliphatic hydroxyl groups is 1. The Morgan fingerprint density at radius 2 is 2.19 bits per heavy atom. The van der Waals surface area contributed by atoms with Crippen LogP contribution >= 0.6 is 11.3 Å². The molecule has 1 aromatic rings. The van der Waals surface area contributed by atoms with Gasteiger partial charge in [0.25, 0.3) is 0 Å². The number of hydrogen-bond acceptors (Lipinski definition) is 4. The minimum absolute atomic E-state index is 0.407. The molecule has 1 saturated carbocycles. The Hall–Kier alpha value is -0.420. The maximum atomic E-state index is 10.0. The van der Waals surface area contributed by atoms with E-state index in [2.05, 4.69) is 25.2 Å². The van der Waals surface area contributed by atoms with Crippen molar-refractivity contribution in [1.29, 1.82) is 0 Å². The lowest BCUT2D eigenvalue weighted by Crippen LogP contribution is -2.44. The van der Waals surface area contributed by atoms with Gasteiger partial charge in [-0.15, -0.1) is 11.3 Å².